The van der Waals surface area contributed by atoms with Gasteiger partial charge in [0, 0.05) is 18.4 Å². The van der Waals surface area contributed by atoms with Gasteiger partial charge >= 0.3 is 0 Å². The summed E-state index contributed by atoms with van der Waals surface area (Å²) >= 11 is 0. The zero-order chi connectivity index (χ0) is 14.7. The lowest BCUT2D eigenvalue weighted by Gasteiger charge is -2.29. The van der Waals surface area contributed by atoms with Gasteiger partial charge in [-0.1, -0.05) is 13.8 Å². The number of aryl methyl sites for hydroxylation is 1. The molecule has 0 aliphatic carbocycles. The highest BCUT2D eigenvalue weighted by Crippen LogP contribution is 2.35. The zero-order valence-corrected chi connectivity index (χ0v) is 13.2. The maximum Gasteiger partial charge on any atom is 0.176 e. The molecule has 0 bridgehead atoms. The first-order valence-electron chi connectivity index (χ1n) is 7.64. The first-order valence-corrected chi connectivity index (χ1v) is 7.64. The molecular formula is C14H27N5O. The van der Waals surface area contributed by atoms with Gasteiger partial charge in [-0.05, 0) is 37.9 Å². The minimum Gasteiger partial charge on any atom is -0.375 e. The van der Waals surface area contributed by atoms with E-state index >= 15 is 0 Å². The number of rotatable bonds is 6. The predicted octanol–water partition coefficient (Wildman–Crippen LogP) is 1.18. The molecule has 1 saturated heterocycles. The molecule has 2 rings (SSSR count). The van der Waals surface area contributed by atoms with Crippen molar-refractivity contribution >= 4 is 0 Å². The fourth-order valence-electron chi connectivity index (χ4n) is 3.26. The Hall–Kier alpha value is -1.01. The van der Waals surface area contributed by atoms with Crippen molar-refractivity contribution in [3.05, 3.63) is 5.82 Å². The summed E-state index contributed by atoms with van der Waals surface area (Å²) in [5, 5.41) is 16.0. The standard InChI is InChI=1S/C14H27N5O/c1-6-7-15-12(8-13-16-18-19(5)17-13)14-9(2)10(3)20-11(14)4/h9-12,14-15H,6-8H2,1-5H3. The van der Waals surface area contributed by atoms with E-state index in [4.69, 9.17) is 4.74 Å². The fraction of sp³-hybridized carbons (Fsp3) is 0.929. The van der Waals surface area contributed by atoms with E-state index in [0.29, 0.717) is 24.0 Å². The molecule has 1 fully saturated rings. The highest BCUT2D eigenvalue weighted by atomic mass is 16.5. The van der Waals surface area contributed by atoms with E-state index in [9.17, 15) is 0 Å². The topological polar surface area (TPSA) is 64.9 Å². The second-order valence-corrected chi connectivity index (χ2v) is 5.94. The average molecular weight is 281 g/mol. The molecule has 1 aliphatic rings. The van der Waals surface area contributed by atoms with E-state index in [0.717, 1.165) is 25.2 Å². The van der Waals surface area contributed by atoms with Gasteiger partial charge in [0.05, 0.1) is 19.3 Å². The van der Waals surface area contributed by atoms with Crippen LogP contribution in [0.25, 0.3) is 0 Å². The van der Waals surface area contributed by atoms with Gasteiger partial charge in [0.15, 0.2) is 5.82 Å². The van der Waals surface area contributed by atoms with Crippen LogP contribution in [0.4, 0.5) is 0 Å². The van der Waals surface area contributed by atoms with Gasteiger partial charge in [0.25, 0.3) is 0 Å². The molecule has 114 valence electrons. The van der Waals surface area contributed by atoms with Gasteiger partial charge in [0.1, 0.15) is 0 Å². The molecule has 1 N–H and O–H groups in total. The second kappa shape index (κ2) is 6.63. The maximum absolute atomic E-state index is 5.99. The molecule has 0 aromatic carbocycles. The monoisotopic (exact) mass is 281 g/mol. The quantitative estimate of drug-likeness (QED) is 0.848. The van der Waals surface area contributed by atoms with Gasteiger partial charge in [-0.2, -0.15) is 4.80 Å². The number of ether oxygens (including phenoxy) is 1. The highest BCUT2D eigenvalue weighted by Gasteiger charge is 2.41. The number of tetrazole rings is 1. The van der Waals surface area contributed by atoms with E-state index in [-0.39, 0.29) is 6.10 Å². The first kappa shape index (κ1) is 15.4. The number of aromatic nitrogens is 4. The third-order valence-electron chi connectivity index (χ3n) is 4.39. The van der Waals surface area contributed by atoms with E-state index in [1.54, 1.807) is 7.05 Å². The van der Waals surface area contributed by atoms with Crippen molar-refractivity contribution < 1.29 is 4.74 Å². The SMILES string of the molecule is CCCNC(Cc1nnn(C)n1)C1C(C)OC(C)C1C. The van der Waals surface area contributed by atoms with Crippen molar-refractivity contribution in [3.8, 4) is 0 Å². The molecule has 0 amide bonds. The summed E-state index contributed by atoms with van der Waals surface area (Å²) in [6.07, 6.45) is 2.52. The van der Waals surface area contributed by atoms with Gasteiger partial charge in [-0.3, -0.25) is 0 Å². The average Bonchev–Trinajstić information content (AvgIpc) is 2.90. The molecule has 6 nitrogen and oxygen atoms in total. The Bertz CT molecular complexity index is 421. The lowest BCUT2D eigenvalue weighted by Crippen LogP contribution is -2.44. The van der Waals surface area contributed by atoms with E-state index in [1.165, 1.54) is 4.80 Å². The van der Waals surface area contributed by atoms with E-state index in [1.807, 2.05) is 0 Å². The third-order valence-corrected chi connectivity index (χ3v) is 4.39. The van der Waals surface area contributed by atoms with Crippen LogP contribution in [0.3, 0.4) is 0 Å². The normalized spacial score (nSPS) is 31.6. The summed E-state index contributed by atoms with van der Waals surface area (Å²) in [7, 11) is 1.80. The van der Waals surface area contributed by atoms with Crippen molar-refractivity contribution in [3.63, 3.8) is 0 Å². The summed E-state index contributed by atoms with van der Waals surface area (Å²) in [6.45, 7) is 9.82. The van der Waals surface area contributed by atoms with Crippen molar-refractivity contribution in [2.75, 3.05) is 6.54 Å². The summed E-state index contributed by atoms with van der Waals surface area (Å²) in [5.74, 6) is 1.83. The smallest absolute Gasteiger partial charge is 0.176 e. The van der Waals surface area contributed by atoms with Crippen LogP contribution < -0.4 is 5.32 Å². The van der Waals surface area contributed by atoms with Crippen LogP contribution in [0.5, 0.6) is 0 Å². The van der Waals surface area contributed by atoms with Crippen molar-refractivity contribution in [2.45, 2.75) is 58.8 Å². The summed E-state index contributed by atoms with van der Waals surface area (Å²) in [5.41, 5.74) is 0. The van der Waals surface area contributed by atoms with Gasteiger partial charge in [-0.15, -0.1) is 10.2 Å². The van der Waals surface area contributed by atoms with Gasteiger partial charge < -0.3 is 10.1 Å². The Balaban J connectivity index is 2.10. The Morgan fingerprint density at radius 1 is 1.30 bits per heavy atom. The number of hydrogen-bond acceptors (Lipinski definition) is 5. The first-order chi connectivity index (χ1) is 9.52. The van der Waals surface area contributed by atoms with Crippen molar-refractivity contribution in [1.29, 1.82) is 0 Å². The molecule has 0 spiro atoms. The molecule has 20 heavy (non-hydrogen) atoms. The minimum absolute atomic E-state index is 0.269. The van der Waals surface area contributed by atoms with Crippen molar-refractivity contribution in [1.82, 2.24) is 25.5 Å². The van der Waals surface area contributed by atoms with Gasteiger partial charge in [0.2, 0.25) is 0 Å². The fourth-order valence-corrected chi connectivity index (χ4v) is 3.26. The van der Waals surface area contributed by atoms with Gasteiger partial charge in [-0.25, -0.2) is 0 Å². The van der Waals surface area contributed by atoms with Crippen LogP contribution in [0.2, 0.25) is 0 Å². The largest absolute Gasteiger partial charge is 0.375 e. The minimum atomic E-state index is 0.269. The van der Waals surface area contributed by atoms with E-state index < -0.39 is 0 Å². The molecule has 5 atom stereocenters. The van der Waals surface area contributed by atoms with E-state index in [2.05, 4.69) is 48.4 Å². The molecule has 1 aromatic rings. The summed E-state index contributed by atoms with van der Waals surface area (Å²) in [4.78, 5) is 1.52. The Morgan fingerprint density at radius 2 is 2.05 bits per heavy atom. The molecule has 1 aromatic heterocycles. The van der Waals surface area contributed by atoms with Crippen LogP contribution in [-0.4, -0.2) is 45.0 Å². The van der Waals surface area contributed by atoms with Crippen LogP contribution in [-0.2, 0) is 18.2 Å². The predicted molar refractivity (Wildman–Crippen MR) is 77.2 cm³/mol. The number of nitrogens with zero attached hydrogens (tertiary/aromatic N) is 4. The Morgan fingerprint density at radius 3 is 2.55 bits per heavy atom. The van der Waals surface area contributed by atoms with Crippen molar-refractivity contribution in [2.24, 2.45) is 18.9 Å². The number of hydrogen-bond donors (Lipinski definition) is 1. The maximum atomic E-state index is 5.99. The lowest BCUT2D eigenvalue weighted by molar-refractivity contribution is 0.0475. The third kappa shape index (κ3) is 3.35. The van der Waals surface area contributed by atoms with Crippen LogP contribution in [0.15, 0.2) is 0 Å². The molecule has 2 heterocycles. The lowest BCUT2D eigenvalue weighted by atomic mass is 9.82. The molecule has 0 radical (unpaired) electrons. The molecule has 1 aliphatic heterocycles. The molecule has 0 saturated carbocycles. The summed E-state index contributed by atoms with van der Waals surface area (Å²) < 4.78 is 5.99. The zero-order valence-electron chi connectivity index (χ0n) is 13.2. The molecule has 5 unspecified atom stereocenters. The summed E-state index contributed by atoms with van der Waals surface area (Å²) in [6, 6.07) is 0.342. The Kier molecular flexibility index (Phi) is 5.10. The van der Waals surface area contributed by atoms with Crippen LogP contribution in [0.1, 0.15) is 39.9 Å². The molecule has 6 heteroatoms. The number of nitrogens with one attached hydrogen (secondary N) is 1. The van der Waals surface area contributed by atoms with Crippen LogP contribution in [0, 0.1) is 11.8 Å². The van der Waals surface area contributed by atoms with Crippen LogP contribution >= 0.6 is 0 Å². The second-order valence-electron chi connectivity index (χ2n) is 5.94. The highest BCUT2D eigenvalue weighted by molar-refractivity contribution is 4.96. The Labute approximate surface area is 121 Å². The molecular weight excluding hydrogens is 254 g/mol.